The Labute approximate surface area is 71.3 Å². The molecule has 0 aromatic carbocycles. The summed E-state index contributed by atoms with van der Waals surface area (Å²) in [6.45, 7) is 6.14. The van der Waals surface area contributed by atoms with E-state index in [1.807, 2.05) is 19.6 Å². The molecular formula is C3H9Cl3NPSi. The van der Waals surface area contributed by atoms with Crippen molar-refractivity contribution in [1.82, 2.24) is 0 Å². The topological polar surface area (TPSA) is 12.4 Å². The smallest absolute Gasteiger partial charge is 0.136 e. The second kappa shape index (κ2) is 3.14. The summed E-state index contributed by atoms with van der Waals surface area (Å²) < 4.78 is 3.47. The molecule has 0 aliphatic rings. The second-order valence-corrected chi connectivity index (χ2v) is 19.8. The quantitative estimate of drug-likeness (QED) is 0.460. The van der Waals surface area contributed by atoms with E-state index in [9.17, 15) is 0 Å². The fraction of sp³-hybridized carbons (Fsp3) is 1.00. The van der Waals surface area contributed by atoms with Gasteiger partial charge in [0, 0.05) is 11.8 Å². The van der Waals surface area contributed by atoms with E-state index in [1.165, 1.54) is 0 Å². The van der Waals surface area contributed by atoms with Gasteiger partial charge < -0.3 is 0 Å². The Morgan fingerprint density at radius 2 is 1.56 bits per heavy atom. The summed E-state index contributed by atoms with van der Waals surface area (Å²) in [7, 11) is -1.54. The van der Waals surface area contributed by atoms with Crippen molar-refractivity contribution in [3.8, 4) is 0 Å². The average molecular weight is 225 g/mol. The predicted octanol–water partition coefficient (Wildman–Crippen LogP) is 4.48. The van der Waals surface area contributed by atoms with E-state index in [-0.39, 0.29) is 0 Å². The molecule has 56 valence electrons. The van der Waals surface area contributed by atoms with Crippen LogP contribution in [0.15, 0.2) is 4.26 Å². The van der Waals surface area contributed by atoms with Crippen molar-refractivity contribution >= 4 is 47.3 Å². The molecule has 0 aliphatic carbocycles. The lowest BCUT2D eigenvalue weighted by Gasteiger charge is -2.20. The van der Waals surface area contributed by atoms with Gasteiger partial charge in [-0.2, -0.15) is 4.26 Å². The molecule has 9 heavy (non-hydrogen) atoms. The predicted molar refractivity (Wildman–Crippen MR) is 50.3 cm³/mol. The van der Waals surface area contributed by atoms with Crippen LogP contribution in [0, 0.1) is 0 Å². The van der Waals surface area contributed by atoms with Crippen LogP contribution < -0.4 is 0 Å². The van der Waals surface area contributed by atoms with Gasteiger partial charge in [-0.05, 0) is 0 Å². The summed E-state index contributed by atoms with van der Waals surface area (Å²) in [5.41, 5.74) is 0. The van der Waals surface area contributed by atoms with Crippen LogP contribution in [-0.2, 0) is 0 Å². The van der Waals surface area contributed by atoms with E-state index in [4.69, 9.17) is 34.3 Å². The molecule has 0 aromatic heterocycles. The molecule has 0 radical (unpaired) electrons. The maximum absolute atomic E-state index is 5.84. The van der Waals surface area contributed by atoms with Gasteiger partial charge in [-0.15, -0.1) is 0 Å². The minimum Gasteiger partial charge on any atom is -0.172 e. The van der Waals surface area contributed by atoms with Crippen molar-refractivity contribution in [3.63, 3.8) is 0 Å². The van der Waals surface area contributed by atoms with Crippen LogP contribution in [0.1, 0.15) is 0 Å². The first-order chi connectivity index (χ1) is 3.81. The lowest BCUT2D eigenvalue weighted by atomic mass is 11.8. The van der Waals surface area contributed by atoms with E-state index < -0.39 is 13.0 Å². The summed E-state index contributed by atoms with van der Waals surface area (Å²) in [5.74, 6) is 0. The third kappa shape index (κ3) is 2.81. The van der Waals surface area contributed by atoms with Crippen LogP contribution in [-0.4, -0.2) is 7.74 Å². The van der Waals surface area contributed by atoms with Gasteiger partial charge in [0.2, 0.25) is 0 Å². The summed E-state index contributed by atoms with van der Waals surface area (Å²) >= 11 is 16.9. The molecule has 1 nitrogen and oxygen atoms in total. The molecule has 0 saturated heterocycles. The normalized spacial score (nSPS) is 13.6. The molecule has 0 aliphatic heterocycles. The third-order valence-electron chi connectivity index (χ3n) is 0.902. The summed E-state index contributed by atoms with van der Waals surface area (Å²) in [6, 6.07) is 0. The molecule has 0 N–H and O–H groups in total. The lowest BCUT2D eigenvalue weighted by Crippen LogP contribution is -2.14. The Morgan fingerprint density at radius 3 is 1.56 bits per heavy atom. The standard InChI is InChI=1S/C3H9Cl3NPSi/c1-9(2,3)8(5,6)7-4/h1-3H3. The van der Waals surface area contributed by atoms with E-state index in [1.54, 1.807) is 0 Å². The SMILES string of the molecule is C[Si](C)(C)P(Cl)(Cl)=NCl. The Hall–Kier alpha value is 1.32. The molecule has 0 atom stereocenters. The van der Waals surface area contributed by atoms with Crippen molar-refractivity contribution in [2.24, 2.45) is 4.26 Å². The average Bonchev–Trinajstić information content (AvgIpc) is 1.64. The van der Waals surface area contributed by atoms with Crippen LogP contribution in [0.4, 0.5) is 0 Å². The maximum Gasteiger partial charge on any atom is 0.136 e. The molecule has 0 amide bonds. The summed E-state index contributed by atoms with van der Waals surface area (Å²) in [5, 5.41) is -2.13. The molecule has 0 spiro atoms. The number of hydrogen-bond acceptors (Lipinski definition) is 1. The third-order valence-corrected chi connectivity index (χ3v) is 19.0. The fourth-order valence-electron chi connectivity index (χ4n) is 0.113. The van der Waals surface area contributed by atoms with Crippen molar-refractivity contribution < 1.29 is 0 Å². The fourth-order valence-corrected chi connectivity index (χ4v) is 3.06. The number of hydrogen-bond donors (Lipinski definition) is 0. The van der Waals surface area contributed by atoms with Gasteiger partial charge in [-0.1, -0.05) is 42.1 Å². The maximum atomic E-state index is 5.84. The molecule has 0 heterocycles. The highest BCUT2D eigenvalue weighted by Gasteiger charge is 2.32. The van der Waals surface area contributed by atoms with Gasteiger partial charge in [0.05, 0.1) is 0 Å². The van der Waals surface area contributed by atoms with Gasteiger partial charge in [-0.25, -0.2) is 0 Å². The van der Waals surface area contributed by atoms with Gasteiger partial charge >= 0.3 is 0 Å². The lowest BCUT2D eigenvalue weighted by molar-refractivity contribution is 1.85. The minimum absolute atomic E-state index is 1.54. The highest BCUT2D eigenvalue weighted by Crippen LogP contribution is 2.67. The number of halogens is 3. The van der Waals surface area contributed by atoms with Crippen molar-refractivity contribution in [1.29, 1.82) is 0 Å². The Kier molecular flexibility index (Phi) is 3.60. The highest BCUT2D eigenvalue weighted by molar-refractivity contribution is 8.32. The van der Waals surface area contributed by atoms with Gasteiger partial charge in [0.25, 0.3) is 0 Å². The van der Waals surface area contributed by atoms with Crippen LogP contribution in [0.5, 0.6) is 0 Å². The van der Waals surface area contributed by atoms with Crippen LogP contribution in [0.25, 0.3) is 0 Å². The molecule has 0 aromatic rings. The van der Waals surface area contributed by atoms with Crippen LogP contribution in [0.3, 0.4) is 0 Å². The van der Waals surface area contributed by atoms with Crippen LogP contribution >= 0.6 is 39.6 Å². The first-order valence-electron chi connectivity index (χ1n) is 2.43. The van der Waals surface area contributed by atoms with Gasteiger partial charge in [0.1, 0.15) is 13.0 Å². The van der Waals surface area contributed by atoms with Crippen molar-refractivity contribution in [2.45, 2.75) is 19.6 Å². The Bertz CT molecular complexity index is 146. The van der Waals surface area contributed by atoms with Gasteiger partial charge in [-0.3, -0.25) is 0 Å². The van der Waals surface area contributed by atoms with Crippen LogP contribution in [0.2, 0.25) is 19.6 Å². The zero-order valence-electron chi connectivity index (χ0n) is 5.53. The molecule has 6 heteroatoms. The zero-order valence-corrected chi connectivity index (χ0v) is 9.69. The zero-order chi connectivity index (χ0) is 7.71. The molecule has 0 bridgehead atoms. The summed E-state index contributed by atoms with van der Waals surface area (Å²) in [4.78, 5) is 0. The largest absolute Gasteiger partial charge is 0.172 e. The molecule has 0 fully saturated rings. The molecular weight excluding hydrogens is 215 g/mol. The van der Waals surface area contributed by atoms with Crippen molar-refractivity contribution in [3.05, 3.63) is 0 Å². The van der Waals surface area contributed by atoms with E-state index in [0.717, 1.165) is 0 Å². The molecule has 0 unspecified atom stereocenters. The second-order valence-electron chi connectivity index (χ2n) is 2.73. The molecule has 0 saturated carbocycles. The summed E-state index contributed by atoms with van der Waals surface area (Å²) in [6.07, 6.45) is 0. The first kappa shape index (κ1) is 10.3. The highest BCUT2D eigenvalue weighted by atomic mass is 35.9. The molecule has 0 rings (SSSR count). The van der Waals surface area contributed by atoms with E-state index in [2.05, 4.69) is 4.26 Å². The van der Waals surface area contributed by atoms with Crippen molar-refractivity contribution in [2.75, 3.05) is 0 Å². The first-order valence-corrected chi connectivity index (χ1v) is 10.7. The number of nitrogens with zero attached hydrogens (tertiary/aromatic N) is 1. The minimum atomic E-state index is -2.13. The van der Waals surface area contributed by atoms with Gasteiger partial charge in [0.15, 0.2) is 0 Å². The Morgan fingerprint density at radius 1 is 1.22 bits per heavy atom. The monoisotopic (exact) mass is 223 g/mol. The Balaban J connectivity index is 4.56. The number of rotatable bonds is 1. The van der Waals surface area contributed by atoms with E-state index in [0.29, 0.717) is 0 Å². The van der Waals surface area contributed by atoms with E-state index >= 15 is 0 Å².